The second-order valence-electron chi connectivity index (χ2n) is 6.27. The molecule has 2 N–H and O–H groups in total. The van der Waals surface area contributed by atoms with Gasteiger partial charge < -0.3 is 15.1 Å². The second kappa shape index (κ2) is 5.82. The van der Waals surface area contributed by atoms with E-state index in [1.54, 1.807) is 6.92 Å². The minimum absolute atomic E-state index is 0.0408. The number of hydrogen-bond donors (Lipinski definition) is 2. The van der Waals surface area contributed by atoms with Crippen molar-refractivity contribution < 1.29 is 28.2 Å². The molecule has 10 heteroatoms. The van der Waals surface area contributed by atoms with Crippen molar-refractivity contribution in [1.29, 1.82) is 0 Å². The van der Waals surface area contributed by atoms with Crippen molar-refractivity contribution in [3.8, 4) is 0 Å². The molecule has 0 saturated carbocycles. The number of carboxylic acids is 1. The number of rotatable bonds is 4. The standard InChI is InChI=1S/C13H19NO6S3/c1-7(15)9-10(16)14-6-13(12(17)18,22-11(9)14)21-8-2-4-23(19,20)5-3-8/h7-9,11,15H,2-6H2,1H3,(H,17,18)/t7-,9+,11-,13?/m1/s1. The van der Waals surface area contributed by atoms with E-state index in [-0.39, 0.29) is 34.6 Å². The second-order valence-corrected chi connectivity index (χ2v) is 11.8. The number of fused-ring (bicyclic) bond motifs is 1. The Hall–Kier alpha value is -0.450. The molecule has 0 aromatic rings. The summed E-state index contributed by atoms with van der Waals surface area (Å²) in [6.45, 7) is 1.65. The minimum Gasteiger partial charge on any atom is -0.480 e. The fourth-order valence-corrected chi connectivity index (χ4v) is 8.79. The van der Waals surface area contributed by atoms with Crippen LogP contribution in [-0.4, -0.2) is 74.3 Å². The predicted molar refractivity (Wildman–Crippen MR) is 87.9 cm³/mol. The van der Waals surface area contributed by atoms with E-state index in [4.69, 9.17) is 0 Å². The molecule has 3 heterocycles. The van der Waals surface area contributed by atoms with Crippen LogP contribution < -0.4 is 0 Å². The molecule has 3 fully saturated rings. The molecule has 1 unspecified atom stereocenters. The Labute approximate surface area is 143 Å². The molecular weight excluding hydrogens is 362 g/mol. The third-order valence-corrected chi connectivity index (χ3v) is 9.83. The molecule has 0 radical (unpaired) electrons. The molecule has 0 aromatic heterocycles. The highest BCUT2D eigenvalue weighted by atomic mass is 32.2. The highest BCUT2D eigenvalue weighted by molar-refractivity contribution is 8.20. The number of aliphatic hydroxyl groups is 1. The number of β-lactam (4-membered cyclic amide) rings is 1. The third kappa shape index (κ3) is 2.98. The molecule has 3 aliphatic rings. The van der Waals surface area contributed by atoms with Crippen LogP contribution in [0.4, 0.5) is 0 Å². The first-order valence-corrected chi connectivity index (χ1v) is 11.0. The Morgan fingerprint density at radius 1 is 1.43 bits per heavy atom. The fraction of sp³-hybridized carbons (Fsp3) is 0.846. The van der Waals surface area contributed by atoms with Crippen molar-refractivity contribution in [1.82, 2.24) is 4.90 Å². The fourth-order valence-electron chi connectivity index (χ4n) is 3.25. The van der Waals surface area contributed by atoms with Crippen molar-refractivity contribution in [2.24, 2.45) is 5.92 Å². The Balaban J connectivity index is 1.73. The highest BCUT2D eigenvalue weighted by Crippen LogP contribution is 2.56. The maximum absolute atomic E-state index is 12.0. The predicted octanol–water partition coefficient (Wildman–Crippen LogP) is -0.0102. The van der Waals surface area contributed by atoms with Gasteiger partial charge in [0.25, 0.3) is 0 Å². The van der Waals surface area contributed by atoms with Crippen LogP contribution in [0.5, 0.6) is 0 Å². The van der Waals surface area contributed by atoms with Gasteiger partial charge in [0.1, 0.15) is 9.84 Å². The van der Waals surface area contributed by atoms with Crippen molar-refractivity contribution in [3.63, 3.8) is 0 Å². The van der Waals surface area contributed by atoms with E-state index in [2.05, 4.69) is 0 Å². The topological polar surface area (TPSA) is 112 Å². The number of carbonyl (C=O) groups excluding carboxylic acids is 1. The van der Waals surface area contributed by atoms with Gasteiger partial charge in [-0.25, -0.2) is 13.2 Å². The summed E-state index contributed by atoms with van der Waals surface area (Å²) in [4.78, 5) is 25.4. The molecule has 1 amide bonds. The van der Waals surface area contributed by atoms with Gasteiger partial charge in [-0.05, 0) is 19.8 Å². The summed E-state index contributed by atoms with van der Waals surface area (Å²) in [6.07, 6.45) is 0.0906. The van der Waals surface area contributed by atoms with Gasteiger partial charge in [0.2, 0.25) is 5.91 Å². The van der Waals surface area contributed by atoms with E-state index in [0.29, 0.717) is 12.8 Å². The maximum atomic E-state index is 12.0. The SMILES string of the molecule is C[C@@H](O)[C@H]1C(=O)N2CC(SC3CCS(=O)(=O)CC3)(C(=O)O)S[C@H]12. The Morgan fingerprint density at radius 3 is 2.57 bits per heavy atom. The minimum atomic E-state index is -2.99. The average molecular weight is 381 g/mol. The number of aliphatic hydroxyl groups excluding tert-OH is 1. The van der Waals surface area contributed by atoms with Crippen LogP contribution in [0.25, 0.3) is 0 Å². The molecule has 3 aliphatic heterocycles. The van der Waals surface area contributed by atoms with Gasteiger partial charge >= 0.3 is 5.97 Å². The molecule has 4 atom stereocenters. The molecule has 23 heavy (non-hydrogen) atoms. The van der Waals surface area contributed by atoms with E-state index in [1.807, 2.05) is 0 Å². The molecule has 0 aliphatic carbocycles. The van der Waals surface area contributed by atoms with E-state index in [9.17, 15) is 28.2 Å². The number of carbonyl (C=O) groups is 2. The summed E-state index contributed by atoms with van der Waals surface area (Å²) < 4.78 is 21.9. The van der Waals surface area contributed by atoms with Crippen molar-refractivity contribution in [2.75, 3.05) is 18.1 Å². The number of thioether (sulfide) groups is 2. The van der Waals surface area contributed by atoms with Crippen LogP contribution in [0, 0.1) is 5.92 Å². The molecule has 0 bridgehead atoms. The number of nitrogens with zero attached hydrogens (tertiary/aromatic N) is 1. The number of sulfone groups is 1. The van der Waals surface area contributed by atoms with E-state index in [1.165, 1.54) is 28.4 Å². The third-order valence-electron chi connectivity index (χ3n) is 4.58. The summed E-state index contributed by atoms with van der Waals surface area (Å²) in [5.74, 6) is -1.56. The van der Waals surface area contributed by atoms with Crippen LogP contribution >= 0.6 is 23.5 Å². The first-order valence-electron chi connectivity index (χ1n) is 7.43. The van der Waals surface area contributed by atoms with Gasteiger partial charge in [0.05, 0.1) is 35.4 Å². The van der Waals surface area contributed by atoms with Crippen LogP contribution in [0.3, 0.4) is 0 Å². The quantitative estimate of drug-likeness (QED) is 0.654. The van der Waals surface area contributed by atoms with Crippen molar-refractivity contribution >= 4 is 45.2 Å². The van der Waals surface area contributed by atoms with Gasteiger partial charge in [0, 0.05) is 5.25 Å². The van der Waals surface area contributed by atoms with Crippen LogP contribution in [-0.2, 0) is 19.4 Å². The number of amides is 1. The van der Waals surface area contributed by atoms with Gasteiger partial charge in [-0.1, -0.05) is 0 Å². The van der Waals surface area contributed by atoms with Gasteiger partial charge in [-0.3, -0.25) is 4.79 Å². The normalized spacial score (nSPS) is 38.0. The van der Waals surface area contributed by atoms with E-state index < -0.39 is 31.9 Å². The van der Waals surface area contributed by atoms with Crippen LogP contribution in [0.15, 0.2) is 0 Å². The summed E-state index contributed by atoms with van der Waals surface area (Å²) in [5, 5.41) is 19.1. The molecule has 130 valence electrons. The first kappa shape index (κ1) is 17.4. The maximum Gasteiger partial charge on any atom is 0.332 e. The Bertz CT molecular complexity index is 622. The lowest BCUT2D eigenvalue weighted by Crippen LogP contribution is -2.60. The molecule has 0 spiro atoms. The smallest absolute Gasteiger partial charge is 0.332 e. The zero-order chi connectivity index (χ0) is 17.0. The monoisotopic (exact) mass is 381 g/mol. The largest absolute Gasteiger partial charge is 0.480 e. The summed E-state index contributed by atoms with van der Waals surface area (Å²) in [7, 11) is -2.99. The van der Waals surface area contributed by atoms with Crippen LogP contribution in [0.1, 0.15) is 19.8 Å². The zero-order valence-electron chi connectivity index (χ0n) is 12.5. The molecule has 7 nitrogen and oxygen atoms in total. The lowest BCUT2D eigenvalue weighted by Gasteiger charge is -2.42. The zero-order valence-corrected chi connectivity index (χ0v) is 15.0. The summed E-state index contributed by atoms with van der Waals surface area (Å²) in [6, 6.07) is 0. The van der Waals surface area contributed by atoms with Crippen LogP contribution in [0.2, 0.25) is 0 Å². The lowest BCUT2D eigenvalue weighted by molar-refractivity contribution is -0.155. The number of aliphatic carboxylic acids is 1. The van der Waals surface area contributed by atoms with Gasteiger partial charge in [0.15, 0.2) is 4.08 Å². The van der Waals surface area contributed by atoms with E-state index >= 15 is 0 Å². The van der Waals surface area contributed by atoms with E-state index in [0.717, 1.165) is 0 Å². The molecular formula is C13H19NO6S3. The van der Waals surface area contributed by atoms with Crippen molar-refractivity contribution in [2.45, 2.75) is 40.6 Å². The number of carboxylic acid groups (broad SMARTS) is 1. The Kier molecular flexibility index (Phi) is 4.40. The lowest BCUT2D eigenvalue weighted by atomic mass is 9.93. The highest BCUT2D eigenvalue weighted by Gasteiger charge is 2.63. The van der Waals surface area contributed by atoms with Gasteiger partial charge in [-0.2, -0.15) is 0 Å². The molecule has 3 rings (SSSR count). The molecule has 3 saturated heterocycles. The average Bonchev–Trinajstić information content (AvgIpc) is 2.77. The van der Waals surface area contributed by atoms with Gasteiger partial charge in [-0.15, -0.1) is 23.5 Å². The molecule has 0 aromatic carbocycles. The summed E-state index contributed by atoms with van der Waals surface area (Å²) >= 11 is 2.48. The number of hydrogen-bond acceptors (Lipinski definition) is 7. The summed E-state index contributed by atoms with van der Waals surface area (Å²) in [5.41, 5.74) is 0. The van der Waals surface area contributed by atoms with Crippen molar-refractivity contribution in [3.05, 3.63) is 0 Å². The Morgan fingerprint density at radius 2 is 2.04 bits per heavy atom. The first-order chi connectivity index (χ1) is 10.7.